The number of pyridine rings is 1. The molecule has 0 spiro atoms. The number of hydrogen-bond acceptors (Lipinski definition) is 3. The number of hydrogen-bond donors (Lipinski definition) is 0. The maximum Gasteiger partial charge on any atom is 0.169 e. The van der Waals surface area contributed by atoms with Crippen molar-refractivity contribution in [2.75, 3.05) is 14.1 Å². The van der Waals surface area contributed by atoms with Crippen LogP contribution in [0.2, 0.25) is 5.15 Å². The van der Waals surface area contributed by atoms with Crippen molar-refractivity contribution in [1.29, 1.82) is 0 Å². The van der Waals surface area contributed by atoms with E-state index in [1.54, 1.807) is 10.7 Å². The predicted octanol–water partition coefficient (Wildman–Crippen LogP) is 3.11. The van der Waals surface area contributed by atoms with Crippen LogP contribution in [-0.4, -0.2) is 33.6 Å². The lowest BCUT2D eigenvalue weighted by molar-refractivity contribution is 0.402. The minimum Gasteiger partial charge on any atom is -0.305 e. The van der Waals surface area contributed by atoms with Gasteiger partial charge in [-0.2, -0.15) is 0 Å². The monoisotopic (exact) mass is 286 g/mol. The van der Waals surface area contributed by atoms with Gasteiger partial charge in [-0.15, -0.1) is 10.2 Å². The molecule has 1 aromatic carbocycles. The Kier molecular flexibility index (Phi) is 3.42. The molecule has 0 saturated heterocycles. The average molecular weight is 287 g/mol. The normalized spacial score (nSPS) is 11.4. The van der Waals surface area contributed by atoms with Crippen molar-refractivity contribution in [2.45, 2.75) is 6.54 Å². The average Bonchev–Trinajstić information content (AvgIpc) is 2.90. The maximum atomic E-state index is 6.12. The highest BCUT2D eigenvalue weighted by atomic mass is 35.5. The number of nitrogens with zero attached hydrogens (tertiary/aromatic N) is 4. The van der Waals surface area contributed by atoms with Gasteiger partial charge in [-0.05, 0) is 37.4 Å². The summed E-state index contributed by atoms with van der Waals surface area (Å²) in [6.07, 6.45) is 1.63. The fourth-order valence-electron chi connectivity index (χ4n) is 2.26. The molecule has 0 bridgehead atoms. The van der Waals surface area contributed by atoms with Gasteiger partial charge in [0.1, 0.15) is 11.5 Å². The molecule has 5 heteroatoms. The molecule has 0 saturated carbocycles. The molecule has 0 unspecified atom stereocenters. The van der Waals surface area contributed by atoms with Crippen LogP contribution in [-0.2, 0) is 6.54 Å². The molecule has 0 N–H and O–H groups in total. The summed E-state index contributed by atoms with van der Waals surface area (Å²) in [5, 5.41) is 8.68. The van der Waals surface area contributed by atoms with E-state index in [1.807, 2.05) is 12.1 Å². The molecule has 20 heavy (non-hydrogen) atoms. The van der Waals surface area contributed by atoms with Crippen molar-refractivity contribution < 1.29 is 0 Å². The SMILES string of the molecule is CN(C)Cc1ccc(-c2ccc(Cl)n3cnnc23)cc1. The van der Waals surface area contributed by atoms with E-state index in [9.17, 15) is 0 Å². The second-order valence-corrected chi connectivity index (χ2v) is 5.42. The highest BCUT2D eigenvalue weighted by molar-refractivity contribution is 6.29. The Morgan fingerprint density at radius 1 is 1.10 bits per heavy atom. The highest BCUT2D eigenvalue weighted by Crippen LogP contribution is 2.26. The van der Waals surface area contributed by atoms with Gasteiger partial charge < -0.3 is 4.90 Å². The van der Waals surface area contributed by atoms with Gasteiger partial charge in [-0.3, -0.25) is 4.40 Å². The fraction of sp³-hybridized carbons (Fsp3) is 0.200. The first-order valence-corrected chi connectivity index (χ1v) is 6.75. The van der Waals surface area contributed by atoms with E-state index in [1.165, 1.54) is 5.56 Å². The maximum absolute atomic E-state index is 6.12. The summed E-state index contributed by atoms with van der Waals surface area (Å²) >= 11 is 6.12. The second kappa shape index (κ2) is 5.23. The van der Waals surface area contributed by atoms with Gasteiger partial charge >= 0.3 is 0 Å². The zero-order valence-corrected chi connectivity index (χ0v) is 12.2. The number of halogens is 1. The molecule has 0 atom stereocenters. The Morgan fingerprint density at radius 3 is 2.55 bits per heavy atom. The fourth-order valence-corrected chi connectivity index (χ4v) is 2.45. The van der Waals surface area contributed by atoms with E-state index in [4.69, 9.17) is 11.6 Å². The quantitative estimate of drug-likeness (QED) is 0.694. The zero-order valence-electron chi connectivity index (χ0n) is 11.4. The summed E-state index contributed by atoms with van der Waals surface area (Å²) < 4.78 is 1.78. The summed E-state index contributed by atoms with van der Waals surface area (Å²) in [5.41, 5.74) is 4.20. The van der Waals surface area contributed by atoms with Crippen LogP contribution in [0.1, 0.15) is 5.56 Å². The van der Waals surface area contributed by atoms with E-state index in [0.717, 1.165) is 23.3 Å². The van der Waals surface area contributed by atoms with Crippen molar-refractivity contribution in [1.82, 2.24) is 19.5 Å². The van der Waals surface area contributed by atoms with Crippen molar-refractivity contribution in [3.05, 3.63) is 53.4 Å². The summed E-state index contributed by atoms with van der Waals surface area (Å²) in [6, 6.07) is 12.3. The van der Waals surface area contributed by atoms with Gasteiger partial charge in [-0.1, -0.05) is 35.9 Å². The topological polar surface area (TPSA) is 33.4 Å². The molecule has 0 fully saturated rings. The molecule has 0 aliphatic heterocycles. The first-order chi connectivity index (χ1) is 9.65. The molecular weight excluding hydrogens is 272 g/mol. The third kappa shape index (κ3) is 2.40. The van der Waals surface area contributed by atoms with Gasteiger partial charge in [0.2, 0.25) is 0 Å². The van der Waals surface area contributed by atoms with E-state index in [2.05, 4.69) is 53.5 Å². The van der Waals surface area contributed by atoms with Crippen LogP contribution in [0.15, 0.2) is 42.7 Å². The van der Waals surface area contributed by atoms with E-state index < -0.39 is 0 Å². The summed E-state index contributed by atoms with van der Waals surface area (Å²) in [5.74, 6) is 0. The Hall–Kier alpha value is -1.91. The molecule has 2 heterocycles. The summed E-state index contributed by atoms with van der Waals surface area (Å²) in [6.45, 7) is 0.932. The smallest absolute Gasteiger partial charge is 0.169 e. The summed E-state index contributed by atoms with van der Waals surface area (Å²) in [4.78, 5) is 2.15. The van der Waals surface area contributed by atoms with E-state index >= 15 is 0 Å². The highest BCUT2D eigenvalue weighted by Gasteiger charge is 2.08. The van der Waals surface area contributed by atoms with Crippen LogP contribution in [0.25, 0.3) is 16.8 Å². The van der Waals surface area contributed by atoms with Gasteiger partial charge in [-0.25, -0.2) is 0 Å². The standard InChI is InChI=1S/C15H15ClN4/c1-19(2)9-11-3-5-12(6-4-11)13-7-8-14(16)20-10-17-18-15(13)20/h3-8,10H,9H2,1-2H3. The molecule has 4 nitrogen and oxygen atoms in total. The lowest BCUT2D eigenvalue weighted by atomic mass is 10.0. The molecule has 0 aliphatic carbocycles. The van der Waals surface area contributed by atoms with Crippen molar-refractivity contribution >= 4 is 17.2 Å². The Labute approximate surface area is 122 Å². The Bertz CT molecular complexity index is 731. The largest absolute Gasteiger partial charge is 0.305 e. The number of aromatic nitrogens is 3. The number of benzene rings is 1. The first kappa shape index (κ1) is 13.1. The Balaban J connectivity index is 2.03. The molecule has 102 valence electrons. The van der Waals surface area contributed by atoms with Crippen LogP contribution in [0.3, 0.4) is 0 Å². The zero-order chi connectivity index (χ0) is 14.1. The molecule has 0 radical (unpaired) electrons. The number of rotatable bonds is 3. The van der Waals surface area contributed by atoms with E-state index in [-0.39, 0.29) is 0 Å². The minimum atomic E-state index is 0.609. The predicted molar refractivity (Wildman–Crippen MR) is 80.8 cm³/mol. The number of fused-ring (bicyclic) bond motifs is 1. The summed E-state index contributed by atoms with van der Waals surface area (Å²) in [7, 11) is 4.12. The Morgan fingerprint density at radius 2 is 1.85 bits per heavy atom. The molecule has 2 aromatic heterocycles. The third-order valence-electron chi connectivity index (χ3n) is 3.17. The van der Waals surface area contributed by atoms with Gasteiger partial charge in [0.15, 0.2) is 5.65 Å². The molecule has 0 amide bonds. The molecule has 3 rings (SSSR count). The second-order valence-electron chi connectivity index (χ2n) is 5.03. The van der Waals surface area contributed by atoms with Gasteiger partial charge in [0.05, 0.1) is 0 Å². The van der Waals surface area contributed by atoms with Crippen molar-refractivity contribution in [3.63, 3.8) is 0 Å². The van der Waals surface area contributed by atoms with Crippen LogP contribution in [0, 0.1) is 0 Å². The molecule has 0 aliphatic rings. The van der Waals surface area contributed by atoms with Crippen LogP contribution < -0.4 is 0 Å². The van der Waals surface area contributed by atoms with Crippen LogP contribution >= 0.6 is 11.6 Å². The molecular formula is C15H15ClN4. The van der Waals surface area contributed by atoms with Crippen LogP contribution in [0.4, 0.5) is 0 Å². The van der Waals surface area contributed by atoms with Gasteiger partial charge in [0, 0.05) is 12.1 Å². The van der Waals surface area contributed by atoms with Gasteiger partial charge in [0.25, 0.3) is 0 Å². The van der Waals surface area contributed by atoms with Crippen molar-refractivity contribution in [2.24, 2.45) is 0 Å². The lowest BCUT2D eigenvalue weighted by Gasteiger charge is -2.10. The molecule has 3 aromatic rings. The minimum absolute atomic E-state index is 0.609. The van der Waals surface area contributed by atoms with Crippen LogP contribution in [0.5, 0.6) is 0 Å². The lowest BCUT2D eigenvalue weighted by Crippen LogP contribution is -2.10. The first-order valence-electron chi connectivity index (χ1n) is 6.37. The van der Waals surface area contributed by atoms with Crippen molar-refractivity contribution in [3.8, 4) is 11.1 Å². The van der Waals surface area contributed by atoms with E-state index in [0.29, 0.717) is 5.15 Å². The third-order valence-corrected chi connectivity index (χ3v) is 3.48.